The second-order valence-corrected chi connectivity index (χ2v) is 4.31. The molecule has 1 aromatic rings. The highest BCUT2D eigenvalue weighted by atomic mass is 35.5. The van der Waals surface area contributed by atoms with E-state index >= 15 is 0 Å². The Morgan fingerprint density at radius 1 is 1.42 bits per heavy atom. The van der Waals surface area contributed by atoms with E-state index in [1.54, 1.807) is 0 Å². The van der Waals surface area contributed by atoms with Crippen molar-refractivity contribution in [2.75, 3.05) is 20.3 Å². The van der Waals surface area contributed by atoms with Crippen LogP contribution in [0.1, 0.15) is 5.56 Å². The SMILES string of the molecule is COCC(O)CNCc1cc(Cl)ccc1OC(F)F. The van der Waals surface area contributed by atoms with Gasteiger partial charge in [0.25, 0.3) is 0 Å². The third-order valence-corrected chi connectivity index (χ3v) is 2.53. The zero-order valence-corrected chi connectivity index (χ0v) is 11.2. The minimum atomic E-state index is -2.89. The van der Waals surface area contributed by atoms with Gasteiger partial charge in [0, 0.05) is 30.8 Å². The topological polar surface area (TPSA) is 50.7 Å². The smallest absolute Gasteiger partial charge is 0.387 e. The predicted molar refractivity (Wildman–Crippen MR) is 67.7 cm³/mol. The van der Waals surface area contributed by atoms with Crippen LogP contribution in [-0.4, -0.2) is 38.1 Å². The molecule has 108 valence electrons. The largest absolute Gasteiger partial charge is 0.434 e. The molecule has 0 aliphatic carbocycles. The second-order valence-electron chi connectivity index (χ2n) is 3.87. The maximum absolute atomic E-state index is 12.2. The van der Waals surface area contributed by atoms with E-state index in [1.807, 2.05) is 0 Å². The number of aliphatic hydroxyl groups is 1. The quantitative estimate of drug-likeness (QED) is 0.770. The molecule has 0 bridgehead atoms. The zero-order chi connectivity index (χ0) is 14.3. The van der Waals surface area contributed by atoms with E-state index in [4.69, 9.17) is 16.3 Å². The highest BCUT2D eigenvalue weighted by Crippen LogP contribution is 2.24. The summed E-state index contributed by atoms with van der Waals surface area (Å²) in [6, 6.07) is 4.40. The number of alkyl halides is 2. The lowest BCUT2D eigenvalue weighted by Gasteiger charge is -2.14. The third-order valence-electron chi connectivity index (χ3n) is 2.29. The molecule has 2 N–H and O–H groups in total. The molecule has 0 aromatic heterocycles. The van der Waals surface area contributed by atoms with Crippen LogP contribution in [0, 0.1) is 0 Å². The van der Waals surface area contributed by atoms with Crippen molar-refractivity contribution in [2.24, 2.45) is 0 Å². The van der Waals surface area contributed by atoms with E-state index in [9.17, 15) is 13.9 Å². The first-order valence-corrected chi connectivity index (χ1v) is 6.01. The summed E-state index contributed by atoms with van der Waals surface area (Å²) < 4.78 is 33.6. The fourth-order valence-electron chi connectivity index (χ4n) is 1.52. The van der Waals surface area contributed by atoms with Crippen molar-refractivity contribution in [3.05, 3.63) is 28.8 Å². The maximum atomic E-state index is 12.2. The van der Waals surface area contributed by atoms with Crippen molar-refractivity contribution in [1.29, 1.82) is 0 Å². The van der Waals surface area contributed by atoms with Crippen molar-refractivity contribution in [3.63, 3.8) is 0 Å². The normalized spacial score (nSPS) is 12.7. The van der Waals surface area contributed by atoms with Crippen LogP contribution >= 0.6 is 11.6 Å². The summed E-state index contributed by atoms with van der Waals surface area (Å²) in [6.07, 6.45) is -0.663. The molecular weight excluding hydrogens is 280 g/mol. The zero-order valence-electron chi connectivity index (χ0n) is 10.4. The van der Waals surface area contributed by atoms with Crippen molar-refractivity contribution >= 4 is 11.6 Å². The van der Waals surface area contributed by atoms with E-state index in [-0.39, 0.29) is 25.4 Å². The highest BCUT2D eigenvalue weighted by Gasteiger charge is 2.11. The van der Waals surface area contributed by atoms with Crippen molar-refractivity contribution < 1.29 is 23.4 Å². The summed E-state index contributed by atoms with van der Waals surface area (Å²) in [5.41, 5.74) is 0.498. The van der Waals surface area contributed by atoms with Gasteiger partial charge in [-0.3, -0.25) is 0 Å². The molecule has 1 atom stereocenters. The Balaban J connectivity index is 2.57. The van der Waals surface area contributed by atoms with Gasteiger partial charge in [-0.15, -0.1) is 0 Å². The van der Waals surface area contributed by atoms with Gasteiger partial charge in [0.1, 0.15) is 5.75 Å². The van der Waals surface area contributed by atoms with Crippen LogP contribution in [0.25, 0.3) is 0 Å². The van der Waals surface area contributed by atoms with Crippen LogP contribution in [0.4, 0.5) is 8.78 Å². The van der Waals surface area contributed by atoms with Crippen molar-refractivity contribution in [1.82, 2.24) is 5.32 Å². The fraction of sp³-hybridized carbons (Fsp3) is 0.500. The number of benzene rings is 1. The lowest BCUT2D eigenvalue weighted by atomic mass is 10.2. The second kappa shape index (κ2) is 8.27. The molecule has 0 saturated heterocycles. The molecule has 0 saturated carbocycles. The molecule has 1 unspecified atom stereocenters. The Morgan fingerprint density at radius 3 is 2.79 bits per heavy atom. The lowest BCUT2D eigenvalue weighted by Crippen LogP contribution is -2.29. The lowest BCUT2D eigenvalue weighted by molar-refractivity contribution is -0.0505. The standard InChI is InChI=1S/C12H16ClF2NO3/c1-18-7-10(17)6-16-5-8-4-9(13)2-3-11(8)19-12(14)15/h2-4,10,12,16-17H,5-7H2,1H3. The van der Waals surface area contributed by atoms with E-state index in [0.29, 0.717) is 10.6 Å². The summed E-state index contributed by atoms with van der Waals surface area (Å²) in [7, 11) is 1.48. The number of nitrogens with one attached hydrogen (secondary N) is 1. The van der Waals surface area contributed by atoms with E-state index in [1.165, 1.54) is 25.3 Å². The van der Waals surface area contributed by atoms with Crippen LogP contribution < -0.4 is 10.1 Å². The number of methoxy groups -OCH3 is 1. The Labute approximate surface area is 115 Å². The number of rotatable bonds is 8. The average molecular weight is 296 g/mol. The summed E-state index contributed by atoms with van der Waals surface area (Å²) in [5, 5.41) is 12.8. The van der Waals surface area contributed by atoms with Crippen LogP contribution in [-0.2, 0) is 11.3 Å². The summed E-state index contributed by atoms with van der Waals surface area (Å²) in [6.45, 7) is -2.17. The van der Waals surface area contributed by atoms with Gasteiger partial charge in [-0.2, -0.15) is 8.78 Å². The summed E-state index contributed by atoms with van der Waals surface area (Å²) in [4.78, 5) is 0. The Kier molecular flexibility index (Phi) is 7.01. The number of hydrogen-bond donors (Lipinski definition) is 2. The Hall–Kier alpha value is -0.950. The summed E-state index contributed by atoms with van der Waals surface area (Å²) in [5.74, 6) is 0.0631. The van der Waals surface area contributed by atoms with Gasteiger partial charge in [-0.25, -0.2) is 0 Å². The molecule has 0 aliphatic heterocycles. The molecule has 0 fully saturated rings. The number of hydrogen-bond acceptors (Lipinski definition) is 4. The average Bonchev–Trinajstić information content (AvgIpc) is 2.32. The van der Waals surface area contributed by atoms with E-state index < -0.39 is 12.7 Å². The first kappa shape index (κ1) is 16.1. The van der Waals surface area contributed by atoms with Crippen LogP contribution in [0.3, 0.4) is 0 Å². The predicted octanol–water partition coefficient (Wildman–Crippen LogP) is 2.04. The summed E-state index contributed by atoms with van der Waals surface area (Å²) >= 11 is 5.80. The minimum Gasteiger partial charge on any atom is -0.434 e. The molecule has 1 aromatic carbocycles. The molecule has 0 aliphatic rings. The first-order valence-electron chi connectivity index (χ1n) is 5.64. The molecular formula is C12H16ClF2NO3. The number of ether oxygens (including phenoxy) is 2. The number of aliphatic hydroxyl groups excluding tert-OH is 1. The maximum Gasteiger partial charge on any atom is 0.387 e. The van der Waals surface area contributed by atoms with Crippen LogP contribution in [0.2, 0.25) is 5.02 Å². The fourth-order valence-corrected chi connectivity index (χ4v) is 1.72. The minimum absolute atomic E-state index is 0.0631. The molecule has 7 heteroatoms. The van der Waals surface area contributed by atoms with Gasteiger partial charge in [0.15, 0.2) is 0 Å². The van der Waals surface area contributed by atoms with E-state index in [0.717, 1.165) is 0 Å². The Bertz CT molecular complexity index is 393. The van der Waals surface area contributed by atoms with Gasteiger partial charge in [0.05, 0.1) is 12.7 Å². The third kappa shape index (κ3) is 6.15. The molecule has 4 nitrogen and oxygen atoms in total. The van der Waals surface area contributed by atoms with Gasteiger partial charge in [-0.1, -0.05) is 11.6 Å². The molecule has 19 heavy (non-hydrogen) atoms. The first-order chi connectivity index (χ1) is 9.02. The van der Waals surface area contributed by atoms with Gasteiger partial charge < -0.3 is 19.9 Å². The highest BCUT2D eigenvalue weighted by molar-refractivity contribution is 6.30. The molecule has 0 radical (unpaired) electrons. The van der Waals surface area contributed by atoms with Crippen LogP contribution in [0.15, 0.2) is 18.2 Å². The molecule has 1 rings (SSSR count). The van der Waals surface area contributed by atoms with Gasteiger partial charge in [-0.05, 0) is 18.2 Å². The molecule has 0 spiro atoms. The Morgan fingerprint density at radius 2 is 2.16 bits per heavy atom. The number of halogens is 3. The van der Waals surface area contributed by atoms with Crippen molar-refractivity contribution in [2.45, 2.75) is 19.3 Å². The molecule has 0 amide bonds. The van der Waals surface area contributed by atoms with E-state index in [2.05, 4.69) is 10.1 Å². The van der Waals surface area contributed by atoms with Gasteiger partial charge >= 0.3 is 6.61 Å². The van der Waals surface area contributed by atoms with Crippen molar-refractivity contribution in [3.8, 4) is 5.75 Å². The monoisotopic (exact) mass is 295 g/mol. The van der Waals surface area contributed by atoms with Crippen LogP contribution in [0.5, 0.6) is 5.75 Å². The van der Waals surface area contributed by atoms with Gasteiger partial charge in [0.2, 0.25) is 0 Å². The molecule has 0 heterocycles.